The van der Waals surface area contributed by atoms with E-state index in [1.54, 1.807) is 13.0 Å². The van der Waals surface area contributed by atoms with Crippen LogP contribution in [0.2, 0.25) is 0 Å². The Hall–Kier alpha value is -1.31. The Morgan fingerprint density at radius 3 is 2.45 bits per heavy atom. The molecule has 114 valence electrons. The number of ether oxygens (including phenoxy) is 2. The van der Waals surface area contributed by atoms with Crippen molar-refractivity contribution in [3.63, 3.8) is 0 Å². The summed E-state index contributed by atoms with van der Waals surface area (Å²) >= 11 is 0. The quantitative estimate of drug-likeness (QED) is 0.778. The summed E-state index contributed by atoms with van der Waals surface area (Å²) in [6, 6.07) is 4.58. The maximum atomic E-state index is 12.6. The topological polar surface area (TPSA) is 76.1 Å². The molecule has 0 radical (unpaired) electrons. The van der Waals surface area contributed by atoms with Gasteiger partial charge in [0.2, 0.25) is 10.0 Å². The zero-order valence-corrected chi connectivity index (χ0v) is 12.8. The van der Waals surface area contributed by atoms with Gasteiger partial charge in [-0.25, -0.2) is 8.42 Å². The van der Waals surface area contributed by atoms with Crippen molar-refractivity contribution in [1.82, 2.24) is 4.31 Å². The highest BCUT2D eigenvalue weighted by atomic mass is 32.2. The van der Waals surface area contributed by atoms with Gasteiger partial charge in [-0.05, 0) is 18.6 Å². The van der Waals surface area contributed by atoms with Gasteiger partial charge in [-0.15, -0.1) is 0 Å². The standard InChI is InChI=1S/C13H21NO5S/c1-4-14(8-5-9-15)20(16,17)13-7-6-11(18-2)10-12(13)19-3/h6-7,10,15H,4-5,8-9H2,1-3H3. The molecule has 1 N–H and O–H groups in total. The molecular formula is C13H21NO5S. The van der Waals surface area contributed by atoms with Gasteiger partial charge in [-0.3, -0.25) is 0 Å². The van der Waals surface area contributed by atoms with Crippen molar-refractivity contribution in [2.75, 3.05) is 33.9 Å². The van der Waals surface area contributed by atoms with Crippen LogP contribution < -0.4 is 9.47 Å². The minimum absolute atomic E-state index is 0.0498. The van der Waals surface area contributed by atoms with Crippen LogP contribution >= 0.6 is 0 Å². The smallest absolute Gasteiger partial charge is 0.246 e. The van der Waals surface area contributed by atoms with E-state index in [2.05, 4.69) is 0 Å². The lowest BCUT2D eigenvalue weighted by molar-refractivity contribution is 0.271. The number of methoxy groups -OCH3 is 2. The van der Waals surface area contributed by atoms with Gasteiger partial charge in [0.1, 0.15) is 16.4 Å². The third-order valence-electron chi connectivity index (χ3n) is 2.91. The van der Waals surface area contributed by atoms with Gasteiger partial charge in [0.15, 0.2) is 0 Å². The number of sulfonamides is 1. The lowest BCUT2D eigenvalue weighted by Gasteiger charge is -2.21. The number of aliphatic hydroxyl groups excluding tert-OH is 1. The van der Waals surface area contributed by atoms with E-state index in [0.29, 0.717) is 18.7 Å². The van der Waals surface area contributed by atoms with Gasteiger partial charge >= 0.3 is 0 Å². The first kappa shape index (κ1) is 16.7. The summed E-state index contributed by atoms with van der Waals surface area (Å²) in [6.07, 6.45) is 0.394. The van der Waals surface area contributed by atoms with E-state index in [-0.39, 0.29) is 23.8 Å². The Balaban J connectivity index is 3.19. The van der Waals surface area contributed by atoms with Crippen LogP contribution in [0.15, 0.2) is 23.1 Å². The zero-order chi connectivity index (χ0) is 15.2. The van der Waals surface area contributed by atoms with Crippen molar-refractivity contribution in [1.29, 1.82) is 0 Å². The highest BCUT2D eigenvalue weighted by molar-refractivity contribution is 7.89. The Morgan fingerprint density at radius 1 is 1.25 bits per heavy atom. The molecule has 6 nitrogen and oxygen atoms in total. The molecule has 0 heterocycles. The molecule has 0 atom stereocenters. The number of hydrogen-bond acceptors (Lipinski definition) is 5. The summed E-state index contributed by atoms with van der Waals surface area (Å²) in [7, 11) is -0.732. The number of hydrogen-bond donors (Lipinski definition) is 1. The van der Waals surface area contributed by atoms with Gasteiger partial charge in [0.05, 0.1) is 14.2 Å². The predicted molar refractivity (Wildman–Crippen MR) is 75.7 cm³/mol. The lowest BCUT2D eigenvalue weighted by Crippen LogP contribution is -2.32. The van der Waals surface area contributed by atoms with Gasteiger partial charge < -0.3 is 14.6 Å². The van der Waals surface area contributed by atoms with Crippen LogP contribution in [0.3, 0.4) is 0 Å². The van der Waals surface area contributed by atoms with Crippen LogP contribution in [-0.4, -0.2) is 51.7 Å². The first-order valence-corrected chi connectivity index (χ1v) is 7.78. The van der Waals surface area contributed by atoms with Gasteiger partial charge in [0.25, 0.3) is 0 Å². The van der Waals surface area contributed by atoms with Crippen LogP contribution in [0.25, 0.3) is 0 Å². The van der Waals surface area contributed by atoms with Crippen molar-refractivity contribution in [3.8, 4) is 11.5 Å². The fourth-order valence-electron chi connectivity index (χ4n) is 1.82. The Labute approximate surface area is 120 Å². The molecule has 0 unspecified atom stereocenters. The second-order valence-electron chi connectivity index (χ2n) is 4.09. The normalized spacial score (nSPS) is 11.7. The van der Waals surface area contributed by atoms with E-state index < -0.39 is 10.0 Å². The maximum absolute atomic E-state index is 12.6. The summed E-state index contributed by atoms with van der Waals surface area (Å²) in [5.41, 5.74) is 0. The SMILES string of the molecule is CCN(CCCO)S(=O)(=O)c1ccc(OC)cc1OC. The van der Waals surface area contributed by atoms with Crippen LogP contribution in [0, 0.1) is 0 Å². The third kappa shape index (κ3) is 3.62. The average Bonchev–Trinajstić information content (AvgIpc) is 2.46. The van der Waals surface area contributed by atoms with Gasteiger partial charge in [-0.2, -0.15) is 4.31 Å². The maximum Gasteiger partial charge on any atom is 0.246 e. The zero-order valence-electron chi connectivity index (χ0n) is 12.0. The summed E-state index contributed by atoms with van der Waals surface area (Å²) in [5.74, 6) is 0.769. The molecule has 0 amide bonds. The van der Waals surface area contributed by atoms with E-state index in [1.165, 1.54) is 30.7 Å². The molecule has 0 aromatic heterocycles. The molecule has 0 spiro atoms. The molecule has 0 aliphatic carbocycles. The van der Waals surface area contributed by atoms with E-state index in [4.69, 9.17) is 14.6 Å². The number of nitrogens with zero attached hydrogens (tertiary/aromatic N) is 1. The second-order valence-corrected chi connectivity index (χ2v) is 6.00. The van der Waals surface area contributed by atoms with Crippen molar-refractivity contribution in [3.05, 3.63) is 18.2 Å². The highest BCUT2D eigenvalue weighted by Gasteiger charge is 2.26. The molecule has 1 aromatic carbocycles. The number of rotatable bonds is 8. The van der Waals surface area contributed by atoms with Crippen LogP contribution in [-0.2, 0) is 10.0 Å². The fourth-order valence-corrected chi connectivity index (χ4v) is 3.45. The molecule has 0 bridgehead atoms. The third-order valence-corrected chi connectivity index (χ3v) is 4.92. The summed E-state index contributed by atoms with van der Waals surface area (Å²) < 4.78 is 36.6. The molecule has 0 saturated carbocycles. The Morgan fingerprint density at radius 2 is 1.95 bits per heavy atom. The van der Waals surface area contributed by atoms with E-state index in [0.717, 1.165) is 0 Å². The van der Waals surface area contributed by atoms with Crippen LogP contribution in [0.1, 0.15) is 13.3 Å². The minimum atomic E-state index is -3.65. The molecule has 1 aromatic rings. The number of benzene rings is 1. The van der Waals surface area contributed by atoms with E-state index in [1.807, 2.05) is 0 Å². The number of aliphatic hydroxyl groups is 1. The molecule has 0 aliphatic rings. The van der Waals surface area contributed by atoms with Crippen LogP contribution in [0.4, 0.5) is 0 Å². The first-order valence-electron chi connectivity index (χ1n) is 6.34. The van der Waals surface area contributed by atoms with E-state index >= 15 is 0 Å². The summed E-state index contributed by atoms with van der Waals surface area (Å²) in [4.78, 5) is 0.0978. The fraction of sp³-hybridized carbons (Fsp3) is 0.538. The lowest BCUT2D eigenvalue weighted by atomic mass is 10.3. The summed E-state index contributed by atoms with van der Waals surface area (Å²) in [5, 5.41) is 8.85. The van der Waals surface area contributed by atoms with Crippen molar-refractivity contribution >= 4 is 10.0 Å². The second kappa shape index (κ2) is 7.47. The van der Waals surface area contributed by atoms with E-state index in [9.17, 15) is 8.42 Å². The van der Waals surface area contributed by atoms with Crippen molar-refractivity contribution in [2.45, 2.75) is 18.2 Å². The predicted octanol–water partition coefficient (Wildman–Crippen LogP) is 1.10. The molecular weight excluding hydrogens is 282 g/mol. The molecule has 0 aliphatic heterocycles. The van der Waals surface area contributed by atoms with Gasteiger partial charge in [-0.1, -0.05) is 6.92 Å². The molecule has 7 heteroatoms. The largest absolute Gasteiger partial charge is 0.497 e. The molecule has 0 fully saturated rings. The van der Waals surface area contributed by atoms with Gasteiger partial charge in [0, 0.05) is 25.8 Å². The highest BCUT2D eigenvalue weighted by Crippen LogP contribution is 2.30. The molecule has 0 saturated heterocycles. The first-order chi connectivity index (χ1) is 9.51. The molecule has 20 heavy (non-hydrogen) atoms. The summed E-state index contributed by atoms with van der Waals surface area (Å²) in [6.45, 7) is 2.30. The monoisotopic (exact) mass is 303 g/mol. The molecule has 1 rings (SSSR count). The average molecular weight is 303 g/mol. The Kier molecular flexibility index (Phi) is 6.25. The minimum Gasteiger partial charge on any atom is -0.497 e. The van der Waals surface area contributed by atoms with Crippen LogP contribution in [0.5, 0.6) is 11.5 Å². The van der Waals surface area contributed by atoms with Crippen molar-refractivity contribution in [2.24, 2.45) is 0 Å². The van der Waals surface area contributed by atoms with Crippen molar-refractivity contribution < 1.29 is 23.0 Å². The Bertz CT molecular complexity index is 530.